The van der Waals surface area contributed by atoms with E-state index < -0.39 is 36.0 Å². The molecule has 3 aromatic rings. The van der Waals surface area contributed by atoms with Crippen LogP contribution in [0.5, 0.6) is 5.75 Å². The molecule has 0 aromatic heterocycles. The van der Waals surface area contributed by atoms with Gasteiger partial charge in [-0.2, -0.15) is 13.2 Å². The van der Waals surface area contributed by atoms with Crippen LogP contribution in [0.3, 0.4) is 0 Å². The van der Waals surface area contributed by atoms with E-state index in [1.165, 1.54) is 36.4 Å². The van der Waals surface area contributed by atoms with Gasteiger partial charge in [-0.25, -0.2) is 13.2 Å². The van der Waals surface area contributed by atoms with Gasteiger partial charge >= 0.3 is 6.18 Å². The van der Waals surface area contributed by atoms with Crippen LogP contribution in [0, 0.1) is 17.5 Å². The van der Waals surface area contributed by atoms with Gasteiger partial charge in [-0.1, -0.05) is 31.5 Å². The number of benzene rings is 3. The molecule has 0 bridgehead atoms. The molecule has 0 amide bonds. The third-order valence-corrected chi connectivity index (χ3v) is 4.24. The largest absolute Gasteiger partial charge is 0.481 e. The van der Waals surface area contributed by atoms with Crippen molar-refractivity contribution in [3.05, 3.63) is 65.5 Å². The number of fused-ring (bicyclic) bond motifs is 1. The van der Waals surface area contributed by atoms with Crippen LogP contribution in [0.4, 0.5) is 26.3 Å². The zero-order valence-corrected chi connectivity index (χ0v) is 14.8. The number of rotatable bonds is 5. The number of hydrogen-bond donors (Lipinski definition) is 0. The minimum absolute atomic E-state index is 0.00755. The lowest BCUT2D eigenvalue weighted by Crippen LogP contribution is -2.19. The molecule has 3 rings (SSSR count). The summed E-state index contributed by atoms with van der Waals surface area (Å²) in [5, 5.41) is 0.276. The third-order valence-electron chi connectivity index (χ3n) is 4.24. The minimum Gasteiger partial charge on any atom is -0.481 e. The van der Waals surface area contributed by atoms with Crippen LogP contribution in [-0.2, 0) is 6.42 Å². The van der Waals surface area contributed by atoms with Crippen molar-refractivity contribution in [1.82, 2.24) is 0 Å². The molecule has 0 saturated heterocycles. The molecule has 0 spiro atoms. The standard InChI is InChI=1S/C21H16F6O/c1-2-3-12-8-16(22)19(17(23)9-12)14-4-6-15-13(10-14)5-7-18(20(15)24)28-11-21(25,26)27/h4-10H,2-3,11H2,1H3. The average Bonchev–Trinajstić information content (AvgIpc) is 2.60. The fraction of sp³-hybridized carbons (Fsp3) is 0.238. The van der Waals surface area contributed by atoms with Crippen molar-refractivity contribution in [2.45, 2.75) is 25.9 Å². The summed E-state index contributed by atoms with van der Waals surface area (Å²) in [5.41, 5.74) is 0.507. The maximum Gasteiger partial charge on any atom is 0.422 e. The Morgan fingerprint density at radius 1 is 0.893 bits per heavy atom. The molecule has 1 nitrogen and oxygen atoms in total. The van der Waals surface area contributed by atoms with Crippen LogP contribution in [0.1, 0.15) is 18.9 Å². The first-order chi connectivity index (χ1) is 13.2. The van der Waals surface area contributed by atoms with Crippen LogP contribution in [0.25, 0.3) is 21.9 Å². The van der Waals surface area contributed by atoms with Crippen LogP contribution in [0.15, 0.2) is 42.5 Å². The molecule has 7 heteroatoms. The SMILES string of the molecule is CCCc1cc(F)c(-c2ccc3c(F)c(OCC(F)(F)F)ccc3c2)c(F)c1. The highest BCUT2D eigenvalue weighted by Gasteiger charge is 2.29. The van der Waals surface area contributed by atoms with Gasteiger partial charge in [0.05, 0.1) is 5.56 Å². The summed E-state index contributed by atoms with van der Waals surface area (Å²) < 4.78 is 84.6. The van der Waals surface area contributed by atoms with Gasteiger partial charge in [-0.15, -0.1) is 0 Å². The Kier molecular flexibility index (Phi) is 5.54. The van der Waals surface area contributed by atoms with E-state index in [9.17, 15) is 26.3 Å². The maximum atomic E-state index is 14.4. The summed E-state index contributed by atoms with van der Waals surface area (Å²) in [6.07, 6.45) is -3.31. The second-order valence-electron chi connectivity index (χ2n) is 6.40. The number of ether oxygens (including phenoxy) is 1. The second-order valence-corrected chi connectivity index (χ2v) is 6.40. The van der Waals surface area contributed by atoms with Crippen molar-refractivity contribution >= 4 is 10.8 Å². The van der Waals surface area contributed by atoms with Crippen LogP contribution < -0.4 is 4.74 Å². The van der Waals surface area contributed by atoms with Crippen LogP contribution in [-0.4, -0.2) is 12.8 Å². The molecular formula is C21H16F6O. The van der Waals surface area contributed by atoms with E-state index in [1.54, 1.807) is 0 Å². The zero-order valence-electron chi connectivity index (χ0n) is 14.8. The Balaban J connectivity index is 2.00. The Hall–Kier alpha value is -2.70. The van der Waals surface area contributed by atoms with Crippen LogP contribution in [0.2, 0.25) is 0 Å². The summed E-state index contributed by atoms with van der Waals surface area (Å²) in [7, 11) is 0. The molecule has 0 heterocycles. The quantitative estimate of drug-likeness (QED) is 0.429. The molecule has 0 unspecified atom stereocenters. The Morgan fingerprint density at radius 3 is 2.18 bits per heavy atom. The van der Waals surface area contributed by atoms with Crippen LogP contribution >= 0.6 is 0 Å². The van der Waals surface area contributed by atoms with Gasteiger partial charge in [-0.3, -0.25) is 0 Å². The van der Waals surface area contributed by atoms with Gasteiger partial charge in [-0.05, 0) is 47.2 Å². The highest BCUT2D eigenvalue weighted by atomic mass is 19.4. The molecular weight excluding hydrogens is 382 g/mol. The molecule has 0 radical (unpaired) electrons. The molecule has 0 aliphatic heterocycles. The van der Waals surface area contributed by atoms with E-state index in [0.717, 1.165) is 12.5 Å². The second kappa shape index (κ2) is 7.73. The Labute approximate surface area is 157 Å². The van der Waals surface area contributed by atoms with Gasteiger partial charge in [0.1, 0.15) is 11.6 Å². The van der Waals surface area contributed by atoms with E-state index in [1.807, 2.05) is 6.92 Å². The predicted molar refractivity (Wildman–Crippen MR) is 94.8 cm³/mol. The smallest absolute Gasteiger partial charge is 0.422 e. The van der Waals surface area contributed by atoms with E-state index >= 15 is 0 Å². The molecule has 0 saturated carbocycles. The number of hydrogen-bond acceptors (Lipinski definition) is 1. The van der Waals surface area contributed by atoms with Crippen molar-refractivity contribution in [1.29, 1.82) is 0 Å². The minimum atomic E-state index is -4.59. The van der Waals surface area contributed by atoms with Crippen molar-refractivity contribution in [2.75, 3.05) is 6.61 Å². The topological polar surface area (TPSA) is 9.23 Å². The van der Waals surface area contributed by atoms with E-state index in [0.29, 0.717) is 12.0 Å². The van der Waals surface area contributed by atoms with Crippen molar-refractivity contribution < 1.29 is 31.1 Å². The average molecular weight is 398 g/mol. The lowest BCUT2D eigenvalue weighted by molar-refractivity contribution is -0.153. The van der Waals surface area contributed by atoms with Crippen molar-refractivity contribution in [3.63, 3.8) is 0 Å². The predicted octanol–water partition coefficient (Wildman–Crippen LogP) is 6.82. The summed E-state index contributed by atoms with van der Waals surface area (Å²) in [4.78, 5) is 0. The van der Waals surface area contributed by atoms with Gasteiger partial charge in [0, 0.05) is 5.39 Å². The van der Waals surface area contributed by atoms with Gasteiger partial charge in [0.25, 0.3) is 0 Å². The van der Waals surface area contributed by atoms with E-state index in [-0.39, 0.29) is 21.9 Å². The monoisotopic (exact) mass is 398 g/mol. The fourth-order valence-electron chi connectivity index (χ4n) is 3.03. The summed E-state index contributed by atoms with van der Waals surface area (Å²) in [6.45, 7) is 0.280. The number of aryl methyl sites for hydroxylation is 1. The fourth-order valence-corrected chi connectivity index (χ4v) is 3.03. The number of halogens is 6. The number of alkyl halides is 3. The van der Waals surface area contributed by atoms with Crippen molar-refractivity contribution in [3.8, 4) is 16.9 Å². The maximum absolute atomic E-state index is 14.4. The zero-order chi connectivity index (χ0) is 20.5. The molecule has 28 heavy (non-hydrogen) atoms. The first-order valence-corrected chi connectivity index (χ1v) is 8.59. The molecule has 0 fully saturated rings. The summed E-state index contributed by atoms with van der Waals surface area (Å²) in [5.74, 6) is -2.96. The first kappa shape index (κ1) is 20.0. The molecule has 0 N–H and O–H groups in total. The van der Waals surface area contributed by atoms with Gasteiger partial charge in [0.2, 0.25) is 0 Å². The van der Waals surface area contributed by atoms with E-state index in [4.69, 9.17) is 0 Å². The highest BCUT2D eigenvalue weighted by molar-refractivity contribution is 5.89. The lowest BCUT2D eigenvalue weighted by Gasteiger charge is -2.12. The lowest BCUT2D eigenvalue weighted by atomic mass is 9.98. The molecule has 0 aliphatic carbocycles. The highest BCUT2D eigenvalue weighted by Crippen LogP contribution is 2.33. The Bertz CT molecular complexity index is 987. The Morgan fingerprint density at radius 2 is 1.57 bits per heavy atom. The van der Waals surface area contributed by atoms with Gasteiger partial charge < -0.3 is 4.74 Å². The molecule has 148 valence electrons. The normalized spacial score (nSPS) is 11.8. The first-order valence-electron chi connectivity index (χ1n) is 8.59. The third kappa shape index (κ3) is 4.24. The summed E-state index contributed by atoms with van der Waals surface area (Å²) >= 11 is 0. The van der Waals surface area contributed by atoms with Gasteiger partial charge in [0.15, 0.2) is 18.2 Å². The summed E-state index contributed by atoms with van der Waals surface area (Å²) in [6, 6.07) is 8.90. The molecule has 0 atom stereocenters. The van der Waals surface area contributed by atoms with E-state index in [2.05, 4.69) is 4.74 Å². The molecule has 0 aliphatic rings. The van der Waals surface area contributed by atoms with Crippen molar-refractivity contribution in [2.24, 2.45) is 0 Å². The molecule has 3 aromatic carbocycles.